The summed E-state index contributed by atoms with van der Waals surface area (Å²) < 4.78 is 4.59. The average molecular weight is 250 g/mol. The highest BCUT2D eigenvalue weighted by Crippen LogP contribution is 2.29. The number of nitrogens with one attached hydrogen (secondary N) is 1. The van der Waals surface area contributed by atoms with Crippen LogP contribution in [0.1, 0.15) is 10.5 Å². The van der Waals surface area contributed by atoms with E-state index >= 15 is 0 Å². The summed E-state index contributed by atoms with van der Waals surface area (Å²) in [5, 5.41) is 15.6. The van der Waals surface area contributed by atoms with E-state index in [1.54, 1.807) is 12.1 Å². The summed E-state index contributed by atoms with van der Waals surface area (Å²) in [7, 11) is 0. The van der Waals surface area contributed by atoms with Crippen molar-refractivity contribution in [3.63, 3.8) is 0 Å². The predicted octanol–water partition coefficient (Wildman–Crippen LogP) is 2.35. The number of amides is 1. The quantitative estimate of drug-likeness (QED) is 0.646. The Labute approximate surface area is 102 Å². The lowest BCUT2D eigenvalue weighted by atomic mass is 10.3. The van der Waals surface area contributed by atoms with Crippen LogP contribution >= 0.6 is 11.8 Å². The Kier molecular flexibility index (Phi) is 3.34. The highest BCUT2D eigenvalue weighted by molar-refractivity contribution is 7.98. The molecular weight excluding hydrogens is 240 g/mol. The molecule has 0 spiro atoms. The zero-order chi connectivity index (χ0) is 12.3. The molecule has 0 radical (unpaired) electrons. The van der Waals surface area contributed by atoms with Gasteiger partial charge in [0.15, 0.2) is 5.69 Å². The summed E-state index contributed by atoms with van der Waals surface area (Å²) in [6.07, 6.45) is 3.20. The lowest BCUT2D eigenvalue weighted by molar-refractivity contribution is 0.101. The number of carbonyl (C=O) groups excluding carboxylic acids is 1. The number of hydrogen-bond donors (Lipinski definition) is 2. The zero-order valence-electron chi connectivity index (χ0n) is 9.01. The molecule has 0 atom stereocenters. The number of benzene rings is 1. The first-order valence-corrected chi connectivity index (χ1v) is 6.02. The topological polar surface area (TPSA) is 75.4 Å². The van der Waals surface area contributed by atoms with Crippen LogP contribution in [-0.4, -0.2) is 22.4 Å². The van der Waals surface area contributed by atoms with Crippen LogP contribution in [0.25, 0.3) is 0 Å². The van der Waals surface area contributed by atoms with Crippen molar-refractivity contribution in [2.24, 2.45) is 0 Å². The predicted molar refractivity (Wildman–Crippen MR) is 64.3 cm³/mol. The molecule has 1 heterocycles. The fourth-order valence-corrected chi connectivity index (χ4v) is 1.88. The molecular formula is C11H10N2O3S. The van der Waals surface area contributed by atoms with Crippen LogP contribution in [0.4, 0.5) is 5.69 Å². The second-order valence-electron chi connectivity index (χ2n) is 3.22. The molecule has 0 saturated heterocycles. The minimum absolute atomic E-state index is 0.161. The van der Waals surface area contributed by atoms with E-state index in [9.17, 15) is 9.90 Å². The molecule has 5 nitrogen and oxygen atoms in total. The molecule has 2 rings (SSSR count). The summed E-state index contributed by atoms with van der Waals surface area (Å²) in [5.41, 5.74) is 0.841. The van der Waals surface area contributed by atoms with Crippen molar-refractivity contribution in [2.45, 2.75) is 4.90 Å². The number of rotatable bonds is 3. The minimum Gasteiger partial charge on any atom is -0.508 e. The molecule has 0 saturated carbocycles. The Hall–Kier alpha value is -1.95. The van der Waals surface area contributed by atoms with Gasteiger partial charge in [-0.05, 0) is 24.5 Å². The number of aromatic hydroxyl groups is 1. The number of phenols is 1. The van der Waals surface area contributed by atoms with E-state index in [2.05, 4.69) is 15.0 Å². The van der Waals surface area contributed by atoms with Gasteiger partial charge in [-0.15, -0.1) is 11.8 Å². The maximum absolute atomic E-state index is 11.7. The Morgan fingerprint density at radius 1 is 1.47 bits per heavy atom. The Balaban J connectivity index is 2.21. The third-order valence-corrected chi connectivity index (χ3v) is 2.88. The number of carbonyl (C=O) groups is 1. The van der Waals surface area contributed by atoms with Gasteiger partial charge in [0.1, 0.15) is 12.0 Å². The van der Waals surface area contributed by atoms with Crippen LogP contribution < -0.4 is 5.32 Å². The SMILES string of the molecule is CSc1cc(O)ccc1NC(=O)c1ccon1. The molecule has 2 N–H and O–H groups in total. The number of hydrogen-bond acceptors (Lipinski definition) is 5. The molecule has 1 aromatic carbocycles. The third kappa shape index (κ3) is 2.59. The van der Waals surface area contributed by atoms with Gasteiger partial charge in [-0.2, -0.15) is 0 Å². The van der Waals surface area contributed by atoms with Crippen molar-refractivity contribution in [3.8, 4) is 5.75 Å². The van der Waals surface area contributed by atoms with E-state index in [1.807, 2.05) is 6.26 Å². The Morgan fingerprint density at radius 3 is 2.94 bits per heavy atom. The van der Waals surface area contributed by atoms with Crippen molar-refractivity contribution in [3.05, 3.63) is 36.2 Å². The van der Waals surface area contributed by atoms with Gasteiger partial charge in [-0.1, -0.05) is 5.16 Å². The van der Waals surface area contributed by atoms with Gasteiger partial charge < -0.3 is 14.9 Å². The van der Waals surface area contributed by atoms with E-state index in [0.29, 0.717) is 5.69 Å². The third-order valence-electron chi connectivity index (χ3n) is 2.10. The number of nitrogens with zero attached hydrogens (tertiary/aromatic N) is 1. The molecule has 0 aliphatic rings. The zero-order valence-corrected chi connectivity index (χ0v) is 9.82. The summed E-state index contributed by atoms with van der Waals surface area (Å²) >= 11 is 1.43. The number of thioether (sulfide) groups is 1. The van der Waals surface area contributed by atoms with Crippen LogP contribution in [0, 0.1) is 0 Å². The standard InChI is InChI=1S/C11H10N2O3S/c1-17-10-6-7(14)2-3-8(10)12-11(15)9-4-5-16-13-9/h2-6,14H,1H3,(H,12,15). The van der Waals surface area contributed by atoms with Gasteiger partial charge in [0.25, 0.3) is 5.91 Å². The molecule has 0 aliphatic heterocycles. The van der Waals surface area contributed by atoms with Crippen LogP contribution in [0.3, 0.4) is 0 Å². The van der Waals surface area contributed by atoms with E-state index in [1.165, 1.54) is 30.2 Å². The van der Waals surface area contributed by atoms with Crippen molar-refractivity contribution >= 4 is 23.4 Å². The monoisotopic (exact) mass is 250 g/mol. The lowest BCUT2D eigenvalue weighted by Crippen LogP contribution is -2.12. The number of phenolic OH excluding ortho intramolecular Hbond substituents is 1. The average Bonchev–Trinajstić information content (AvgIpc) is 2.85. The van der Waals surface area contributed by atoms with Crippen molar-refractivity contribution in [1.82, 2.24) is 5.16 Å². The molecule has 2 aromatic rings. The molecule has 1 amide bonds. The van der Waals surface area contributed by atoms with Gasteiger partial charge in [-0.3, -0.25) is 4.79 Å². The summed E-state index contributed by atoms with van der Waals surface area (Å²) in [6.45, 7) is 0. The van der Waals surface area contributed by atoms with Crippen molar-refractivity contribution in [2.75, 3.05) is 11.6 Å². The largest absolute Gasteiger partial charge is 0.508 e. The summed E-state index contributed by atoms with van der Waals surface area (Å²) in [6, 6.07) is 6.22. The summed E-state index contributed by atoms with van der Waals surface area (Å²) in [4.78, 5) is 12.5. The number of anilines is 1. The fraction of sp³-hybridized carbons (Fsp3) is 0.0909. The second kappa shape index (κ2) is 4.92. The van der Waals surface area contributed by atoms with Crippen molar-refractivity contribution < 1.29 is 14.4 Å². The molecule has 0 unspecified atom stereocenters. The first kappa shape index (κ1) is 11.5. The van der Waals surface area contributed by atoms with Crippen molar-refractivity contribution in [1.29, 1.82) is 0 Å². The molecule has 17 heavy (non-hydrogen) atoms. The normalized spacial score (nSPS) is 10.2. The lowest BCUT2D eigenvalue weighted by Gasteiger charge is -2.08. The van der Waals surface area contributed by atoms with Crippen LogP contribution in [0.5, 0.6) is 5.75 Å². The van der Waals surface area contributed by atoms with Crippen LogP contribution in [-0.2, 0) is 0 Å². The number of aromatic nitrogens is 1. The first-order chi connectivity index (χ1) is 8.20. The smallest absolute Gasteiger partial charge is 0.277 e. The minimum atomic E-state index is -0.347. The highest BCUT2D eigenvalue weighted by atomic mass is 32.2. The van der Waals surface area contributed by atoms with E-state index in [-0.39, 0.29) is 17.4 Å². The van der Waals surface area contributed by atoms with Crippen LogP contribution in [0.15, 0.2) is 39.9 Å². The molecule has 88 valence electrons. The molecule has 6 heteroatoms. The summed E-state index contributed by atoms with van der Waals surface area (Å²) in [5.74, 6) is -0.187. The van der Waals surface area contributed by atoms with Gasteiger partial charge in [0, 0.05) is 11.0 Å². The van der Waals surface area contributed by atoms with Gasteiger partial charge >= 0.3 is 0 Å². The molecule has 0 bridgehead atoms. The maximum atomic E-state index is 11.7. The van der Waals surface area contributed by atoms with Gasteiger partial charge in [0.2, 0.25) is 0 Å². The maximum Gasteiger partial charge on any atom is 0.277 e. The van der Waals surface area contributed by atoms with Crippen LogP contribution in [0.2, 0.25) is 0 Å². The molecule has 1 aromatic heterocycles. The first-order valence-electron chi connectivity index (χ1n) is 4.79. The highest BCUT2D eigenvalue weighted by Gasteiger charge is 2.11. The van der Waals surface area contributed by atoms with Gasteiger partial charge in [-0.25, -0.2) is 0 Å². The van der Waals surface area contributed by atoms with E-state index in [4.69, 9.17) is 0 Å². The molecule has 0 aliphatic carbocycles. The van der Waals surface area contributed by atoms with E-state index in [0.717, 1.165) is 4.90 Å². The Morgan fingerprint density at radius 2 is 2.29 bits per heavy atom. The second-order valence-corrected chi connectivity index (χ2v) is 4.07. The van der Waals surface area contributed by atoms with E-state index < -0.39 is 0 Å². The Bertz CT molecular complexity index is 526. The van der Waals surface area contributed by atoms with Gasteiger partial charge in [0.05, 0.1) is 5.69 Å². The molecule has 0 fully saturated rings. The fourth-order valence-electron chi connectivity index (χ4n) is 1.30.